The number of benzene rings is 2. The Morgan fingerprint density at radius 1 is 1.08 bits per heavy atom. The Balaban J connectivity index is 1.68. The summed E-state index contributed by atoms with van der Waals surface area (Å²) in [7, 11) is 1.64. The van der Waals surface area contributed by atoms with Crippen molar-refractivity contribution in [3.63, 3.8) is 0 Å². The van der Waals surface area contributed by atoms with Crippen LogP contribution in [0.1, 0.15) is 36.6 Å². The molecule has 2 aromatic rings. The predicted octanol–water partition coefficient (Wildman–Crippen LogP) is 3.26. The smallest absolute Gasteiger partial charge is 0.231 e. The van der Waals surface area contributed by atoms with Crippen LogP contribution in [-0.2, 0) is 4.79 Å². The Bertz CT molecular complexity index is 834. The first-order valence-electron chi connectivity index (χ1n) is 8.06. The van der Waals surface area contributed by atoms with E-state index in [0.29, 0.717) is 5.69 Å². The van der Waals surface area contributed by atoms with Gasteiger partial charge in [0, 0.05) is 23.0 Å². The second-order valence-corrected chi connectivity index (χ2v) is 6.16. The Morgan fingerprint density at radius 2 is 1.83 bits per heavy atom. The number of anilines is 4. The summed E-state index contributed by atoms with van der Waals surface area (Å²) in [4.78, 5) is 12.0. The molecule has 0 saturated heterocycles. The van der Waals surface area contributed by atoms with Gasteiger partial charge in [0.15, 0.2) is 0 Å². The summed E-state index contributed by atoms with van der Waals surface area (Å²) < 4.78 is 5.45. The van der Waals surface area contributed by atoms with Gasteiger partial charge >= 0.3 is 0 Å². The lowest BCUT2D eigenvalue weighted by Gasteiger charge is -2.16. The molecule has 2 aliphatic heterocycles. The SMILES string of the molecule is CCC1C(=O)Nc2cc3c(cc21)NC(c1ccc(N)cc1OC)N3. The standard InChI is InChI=1S/C18H20N4O2/c1-3-10-12-7-14-15(8-13(12)22-18(10)23)21-17(20-14)11-5-4-9(19)6-16(11)24-2/h4-8,10,17,20-21H,3,19H2,1-2H3,(H,22,23). The average molecular weight is 324 g/mol. The molecule has 0 aliphatic carbocycles. The van der Waals surface area contributed by atoms with Crippen LogP contribution in [0.4, 0.5) is 22.7 Å². The summed E-state index contributed by atoms with van der Waals surface area (Å²) in [6.07, 6.45) is 0.689. The van der Waals surface area contributed by atoms with Crippen LogP contribution in [0, 0.1) is 0 Å². The minimum Gasteiger partial charge on any atom is -0.496 e. The third-order valence-electron chi connectivity index (χ3n) is 4.72. The van der Waals surface area contributed by atoms with Gasteiger partial charge in [0.05, 0.1) is 24.4 Å². The van der Waals surface area contributed by atoms with E-state index in [1.165, 1.54) is 0 Å². The number of carbonyl (C=O) groups is 1. The molecule has 2 unspecified atom stereocenters. The van der Waals surface area contributed by atoms with Crippen molar-refractivity contribution >= 4 is 28.7 Å². The number of fused-ring (bicyclic) bond motifs is 2. The van der Waals surface area contributed by atoms with Crippen LogP contribution in [-0.4, -0.2) is 13.0 Å². The lowest BCUT2D eigenvalue weighted by Crippen LogP contribution is -2.14. The first kappa shape index (κ1) is 14.7. The molecule has 6 heteroatoms. The van der Waals surface area contributed by atoms with E-state index in [1.807, 2.05) is 31.2 Å². The van der Waals surface area contributed by atoms with Crippen molar-refractivity contribution in [3.05, 3.63) is 41.5 Å². The first-order chi connectivity index (χ1) is 11.6. The lowest BCUT2D eigenvalue weighted by molar-refractivity contribution is -0.117. The number of rotatable bonds is 3. The Labute approximate surface area is 140 Å². The van der Waals surface area contributed by atoms with Crippen molar-refractivity contribution in [2.45, 2.75) is 25.4 Å². The number of hydrogen-bond acceptors (Lipinski definition) is 5. The van der Waals surface area contributed by atoms with Crippen molar-refractivity contribution in [2.75, 3.05) is 28.8 Å². The van der Waals surface area contributed by atoms with Gasteiger partial charge in [0.1, 0.15) is 11.9 Å². The average Bonchev–Trinajstić information content (AvgIpc) is 3.11. The first-order valence-corrected chi connectivity index (χ1v) is 8.06. The molecule has 124 valence electrons. The van der Waals surface area contributed by atoms with E-state index in [9.17, 15) is 4.79 Å². The van der Waals surface area contributed by atoms with Gasteiger partial charge in [-0.25, -0.2) is 0 Å². The molecule has 2 aliphatic rings. The highest BCUT2D eigenvalue weighted by molar-refractivity contribution is 6.04. The van der Waals surface area contributed by atoms with Crippen molar-refractivity contribution in [1.29, 1.82) is 0 Å². The minimum absolute atomic E-state index is 0.0720. The minimum atomic E-state index is -0.103. The van der Waals surface area contributed by atoms with E-state index in [-0.39, 0.29) is 18.0 Å². The van der Waals surface area contributed by atoms with Gasteiger partial charge in [-0.1, -0.05) is 6.92 Å². The van der Waals surface area contributed by atoms with E-state index in [1.54, 1.807) is 7.11 Å². The normalized spacial score (nSPS) is 20.7. The highest BCUT2D eigenvalue weighted by Gasteiger charge is 2.33. The van der Waals surface area contributed by atoms with E-state index >= 15 is 0 Å². The Kier molecular flexibility index (Phi) is 3.26. The number of ether oxygens (including phenoxy) is 1. The number of nitrogens with two attached hydrogens (primary N) is 1. The van der Waals surface area contributed by atoms with Gasteiger partial charge in [-0.2, -0.15) is 0 Å². The summed E-state index contributed by atoms with van der Waals surface area (Å²) in [5, 5.41) is 9.87. The van der Waals surface area contributed by atoms with Gasteiger partial charge in [0.2, 0.25) is 5.91 Å². The van der Waals surface area contributed by atoms with E-state index in [4.69, 9.17) is 10.5 Å². The molecule has 0 aromatic heterocycles. The Hall–Kier alpha value is -2.89. The molecule has 0 radical (unpaired) electrons. The number of hydrogen-bond donors (Lipinski definition) is 4. The van der Waals surface area contributed by atoms with Crippen molar-refractivity contribution in [1.82, 2.24) is 0 Å². The second-order valence-electron chi connectivity index (χ2n) is 6.16. The molecule has 0 saturated carbocycles. The molecule has 1 amide bonds. The van der Waals surface area contributed by atoms with Gasteiger partial charge in [0.25, 0.3) is 0 Å². The second kappa shape index (κ2) is 5.33. The number of carbonyl (C=O) groups excluding carboxylic acids is 1. The maximum atomic E-state index is 12.0. The van der Waals surface area contributed by atoms with Gasteiger partial charge in [-0.3, -0.25) is 4.79 Å². The maximum absolute atomic E-state index is 12.0. The highest BCUT2D eigenvalue weighted by Crippen LogP contribution is 2.45. The summed E-state index contributed by atoms with van der Waals surface area (Å²) in [5.74, 6) is 0.741. The van der Waals surface area contributed by atoms with Crippen LogP contribution in [0.2, 0.25) is 0 Å². The number of nitrogens with one attached hydrogen (secondary N) is 3. The molecule has 5 N–H and O–H groups in total. The molecule has 6 nitrogen and oxygen atoms in total. The fraction of sp³-hybridized carbons (Fsp3) is 0.278. The van der Waals surface area contributed by atoms with Crippen molar-refractivity contribution in [2.24, 2.45) is 0 Å². The van der Waals surface area contributed by atoms with Gasteiger partial charge < -0.3 is 26.4 Å². The molecule has 2 heterocycles. The summed E-state index contributed by atoms with van der Waals surface area (Å²) in [6.45, 7) is 2.03. The predicted molar refractivity (Wildman–Crippen MR) is 95.5 cm³/mol. The lowest BCUT2D eigenvalue weighted by atomic mass is 9.97. The summed E-state index contributed by atoms with van der Waals surface area (Å²) in [5.41, 5.74) is 11.4. The molecule has 24 heavy (non-hydrogen) atoms. The van der Waals surface area contributed by atoms with Crippen LogP contribution < -0.4 is 26.4 Å². The fourth-order valence-corrected chi connectivity index (χ4v) is 3.49. The molecule has 0 spiro atoms. The van der Waals surface area contributed by atoms with E-state index in [2.05, 4.69) is 22.0 Å². The molecule has 4 rings (SSSR count). The highest BCUT2D eigenvalue weighted by atomic mass is 16.5. The molecule has 2 aromatic carbocycles. The molecular weight excluding hydrogens is 304 g/mol. The molecule has 0 bridgehead atoms. The van der Waals surface area contributed by atoms with E-state index in [0.717, 1.165) is 40.4 Å². The van der Waals surface area contributed by atoms with Crippen LogP contribution in [0.15, 0.2) is 30.3 Å². The van der Waals surface area contributed by atoms with Crippen molar-refractivity contribution in [3.8, 4) is 5.75 Å². The van der Waals surface area contributed by atoms with Gasteiger partial charge in [-0.15, -0.1) is 0 Å². The zero-order valence-corrected chi connectivity index (χ0v) is 13.6. The maximum Gasteiger partial charge on any atom is 0.231 e. The van der Waals surface area contributed by atoms with E-state index < -0.39 is 0 Å². The van der Waals surface area contributed by atoms with Crippen LogP contribution in [0.3, 0.4) is 0 Å². The number of nitrogen functional groups attached to an aromatic ring is 1. The fourth-order valence-electron chi connectivity index (χ4n) is 3.49. The van der Waals surface area contributed by atoms with Crippen LogP contribution in [0.25, 0.3) is 0 Å². The zero-order chi connectivity index (χ0) is 16.8. The molecule has 0 fully saturated rings. The summed E-state index contributed by atoms with van der Waals surface area (Å²) in [6, 6.07) is 9.68. The van der Waals surface area contributed by atoms with Crippen LogP contribution >= 0.6 is 0 Å². The monoisotopic (exact) mass is 324 g/mol. The molecule has 2 atom stereocenters. The third-order valence-corrected chi connectivity index (χ3v) is 4.72. The quantitative estimate of drug-likeness (QED) is 0.651. The van der Waals surface area contributed by atoms with Crippen molar-refractivity contribution < 1.29 is 9.53 Å². The summed E-state index contributed by atoms with van der Waals surface area (Å²) >= 11 is 0. The van der Waals surface area contributed by atoms with Crippen LogP contribution in [0.5, 0.6) is 5.75 Å². The number of amides is 1. The number of methoxy groups -OCH3 is 1. The zero-order valence-electron chi connectivity index (χ0n) is 13.6. The largest absolute Gasteiger partial charge is 0.496 e. The third kappa shape index (κ3) is 2.14. The van der Waals surface area contributed by atoms with Gasteiger partial charge in [-0.05, 0) is 36.2 Å². The Morgan fingerprint density at radius 3 is 2.54 bits per heavy atom. The molecular formula is C18H20N4O2. The topological polar surface area (TPSA) is 88.4 Å².